The molecule has 1 fully saturated rings. The number of hydrogen-bond acceptors (Lipinski definition) is 1. The molecule has 1 saturated carbocycles. The first kappa shape index (κ1) is 14.4. The summed E-state index contributed by atoms with van der Waals surface area (Å²) in [4.78, 5) is 0.477. The van der Waals surface area contributed by atoms with Crippen molar-refractivity contribution in [2.75, 3.05) is 6.61 Å². The molecule has 1 aliphatic rings. The lowest BCUT2D eigenvalue weighted by Crippen LogP contribution is -2.12. The fraction of sp³-hybridized carbons (Fsp3) is 0.600. The standard InChI is InChI=1S/C15H20Br2O/c1-2-18-14-9-8-12(10-13(14)16)15(17)11-6-4-3-5-7-11/h8-11,15H,2-7H2,1H3. The Bertz CT molecular complexity index is 386. The molecule has 1 atom stereocenters. The van der Waals surface area contributed by atoms with Crippen molar-refractivity contribution in [3.63, 3.8) is 0 Å². The van der Waals surface area contributed by atoms with Crippen molar-refractivity contribution in [1.82, 2.24) is 0 Å². The molecule has 1 nitrogen and oxygen atoms in total. The van der Waals surface area contributed by atoms with Crippen LogP contribution in [0.15, 0.2) is 22.7 Å². The van der Waals surface area contributed by atoms with Gasteiger partial charge in [-0.25, -0.2) is 0 Å². The topological polar surface area (TPSA) is 9.23 Å². The third kappa shape index (κ3) is 3.51. The van der Waals surface area contributed by atoms with E-state index in [1.165, 1.54) is 37.7 Å². The molecule has 1 aromatic rings. The van der Waals surface area contributed by atoms with Gasteiger partial charge in [-0.2, -0.15) is 0 Å². The fourth-order valence-corrected chi connectivity index (χ4v) is 3.98. The summed E-state index contributed by atoms with van der Waals surface area (Å²) in [6.45, 7) is 2.72. The van der Waals surface area contributed by atoms with E-state index < -0.39 is 0 Å². The average Bonchev–Trinajstić information content (AvgIpc) is 2.41. The summed E-state index contributed by atoms with van der Waals surface area (Å²) in [6.07, 6.45) is 6.86. The zero-order chi connectivity index (χ0) is 13.0. The molecule has 0 saturated heterocycles. The Morgan fingerprint density at radius 3 is 2.61 bits per heavy atom. The normalized spacial score (nSPS) is 18.6. The van der Waals surface area contributed by atoms with Crippen LogP contribution in [0.2, 0.25) is 0 Å². The smallest absolute Gasteiger partial charge is 0.133 e. The Morgan fingerprint density at radius 2 is 2.00 bits per heavy atom. The highest BCUT2D eigenvalue weighted by Gasteiger charge is 2.23. The minimum atomic E-state index is 0.477. The van der Waals surface area contributed by atoms with Crippen LogP contribution < -0.4 is 4.74 Å². The Labute approximate surface area is 127 Å². The molecule has 1 unspecified atom stereocenters. The molecular formula is C15H20Br2O. The van der Waals surface area contributed by atoms with Crippen molar-refractivity contribution in [2.45, 2.75) is 43.9 Å². The lowest BCUT2D eigenvalue weighted by Gasteiger charge is -2.27. The first-order chi connectivity index (χ1) is 8.72. The minimum absolute atomic E-state index is 0.477. The van der Waals surface area contributed by atoms with Gasteiger partial charge >= 0.3 is 0 Å². The molecule has 1 aromatic carbocycles. The summed E-state index contributed by atoms with van der Waals surface area (Å²) in [5, 5.41) is 0. The third-order valence-electron chi connectivity index (χ3n) is 3.64. The van der Waals surface area contributed by atoms with Crippen molar-refractivity contribution < 1.29 is 4.74 Å². The van der Waals surface area contributed by atoms with Gasteiger partial charge in [0.05, 0.1) is 11.1 Å². The molecule has 1 aliphatic carbocycles. The van der Waals surface area contributed by atoms with E-state index in [2.05, 4.69) is 50.1 Å². The van der Waals surface area contributed by atoms with E-state index in [1.54, 1.807) is 0 Å². The van der Waals surface area contributed by atoms with Crippen LogP contribution in [-0.4, -0.2) is 6.61 Å². The molecule has 0 spiro atoms. The van der Waals surface area contributed by atoms with E-state index in [1.807, 2.05) is 6.92 Å². The number of alkyl halides is 1. The van der Waals surface area contributed by atoms with Crippen molar-refractivity contribution in [1.29, 1.82) is 0 Å². The third-order valence-corrected chi connectivity index (χ3v) is 5.53. The van der Waals surface area contributed by atoms with Gasteiger partial charge in [0.15, 0.2) is 0 Å². The van der Waals surface area contributed by atoms with Crippen molar-refractivity contribution in [3.05, 3.63) is 28.2 Å². The van der Waals surface area contributed by atoms with Crippen LogP contribution in [0.4, 0.5) is 0 Å². The van der Waals surface area contributed by atoms with Crippen molar-refractivity contribution in [2.24, 2.45) is 5.92 Å². The molecule has 100 valence electrons. The maximum atomic E-state index is 5.55. The molecule has 2 rings (SSSR count). The molecule has 0 aromatic heterocycles. The van der Waals surface area contributed by atoms with Gasteiger partial charge in [-0.3, -0.25) is 0 Å². The van der Waals surface area contributed by atoms with Crippen LogP contribution in [0.3, 0.4) is 0 Å². The lowest BCUT2D eigenvalue weighted by molar-refractivity contribution is 0.337. The van der Waals surface area contributed by atoms with Crippen molar-refractivity contribution >= 4 is 31.9 Å². The minimum Gasteiger partial charge on any atom is -0.493 e. The molecule has 0 amide bonds. The van der Waals surface area contributed by atoms with Crippen LogP contribution in [0, 0.1) is 5.92 Å². The molecule has 0 heterocycles. The second-order valence-corrected chi connectivity index (χ2v) is 6.76. The summed E-state index contributed by atoms with van der Waals surface area (Å²) in [5.41, 5.74) is 1.36. The summed E-state index contributed by atoms with van der Waals surface area (Å²) >= 11 is 7.48. The second kappa shape index (κ2) is 6.95. The predicted molar refractivity (Wildman–Crippen MR) is 83.6 cm³/mol. The molecule has 0 aliphatic heterocycles. The first-order valence-electron chi connectivity index (χ1n) is 6.78. The van der Waals surface area contributed by atoms with E-state index in [0.717, 1.165) is 16.1 Å². The highest BCUT2D eigenvalue weighted by molar-refractivity contribution is 9.10. The predicted octanol–water partition coefficient (Wildman–Crippen LogP) is 5.86. The molecular weight excluding hydrogens is 356 g/mol. The number of halogens is 2. The maximum absolute atomic E-state index is 5.55. The van der Waals surface area contributed by atoms with Gasteiger partial charge in [0.25, 0.3) is 0 Å². The van der Waals surface area contributed by atoms with Gasteiger partial charge < -0.3 is 4.74 Å². The van der Waals surface area contributed by atoms with E-state index in [4.69, 9.17) is 4.74 Å². The average molecular weight is 376 g/mol. The summed E-state index contributed by atoms with van der Waals surface area (Å²) < 4.78 is 6.61. The highest BCUT2D eigenvalue weighted by Crippen LogP contribution is 2.41. The second-order valence-electron chi connectivity index (χ2n) is 4.92. The zero-order valence-corrected chi connectivity index (χ0v) is 14.0. The van der Waals surface area contributed by atoms with Crippen LogP contribution in [0.1, 0.15) is 49.4 Å². The largest absolute Gasteiger partial charge is 0.493 e. The Balaban J connectivity index is 2.10. The molecule has 18 heavy (non-hydrogen) atoms. The maximum Gasteiger partial charge on any atom is 0.133 e. The number of ether oxygens (including phenoxy) is 1. The van der Waals surface area contributed by atoms with Crippen molar-refractivity contribution in [3.8, 4) is 5.75 Å². The summed E-state index contributed by atoms with van der Waals surface area (Å²) in [6, 6.07) is 6.45. The van der Waals surface area contributed by atoms with E-state index in [0.29, 0.717) is 11.4 Å². The Hall–Kier alpha value is -0.0200. The van der Waals surface area contributed by atoms with Gasteiger partial charge in [-0.15, -0.1) is 0 Å². The Kier molecular flexibility index (Phi) is 5.56. The SMILES string of the molecule is CCOc1ccc(C(Br)C2CCCCC2)cc1Br. The van der Waals surface area contributed by atoms with Gasteiger partial charge in [0.1, 0.15) is 5.75 Å². The molecule has 3 heteroatoms. The lowest BCUT2D eigenvalue weighted by atomic mass is 9.85. The fourth-order valence-electron chi connectivity index (χ4n) is 2.66. The van der Waals surface area contributed by atoms with Crippen LogP contribution >= 0.6 is 31.9 Å². The number of hydrogen-bond donors (Lipinski definition) is 0. The highest BCUT2D eigenvalue weighted by atomic mass is 79.9. The quantitative estimate of drug-likeness (QED) is 0.598. The van der Waals surface area contributed by atoms with Gasteiger partial charge in [-0.05, 0) is 59.3 Å². The van der Waals surface area contributed by atoms with Crippen LogP contribution in [0.5, 0.6) is 5.75 Å². The zero-order valence-electron chi connectivity index (χ0n) is 10.8. The number of benzene rings is 1. The molecule has 0 bridgehead atoms. The van der Waals surface area contributed by atoms with Gasteiger partial charge in [0.2, 0.25) is 0 Å². The first-order valence-corrected chi connectivity index (χ1v) is 8.49. The molecule has 0 N–H and O–H groups in total. The van der Waals surface area contributed by atoms with E-state index in [9.17, 15) is 0 Å². The van der Waals surface area contributed by atoms with E-state index >= 15 is 0 Å². The summed E-state index contributed by atoms with van der Waals surface area (Å²) in [7, 11) is 0. The Morgan fingerprint density at radius 1 is 1.28 bits per heavy atom. The monoisotopic (exact) mass is 374 g/mol. The van der Waals surface area contributed by atoms with Crippen LogP contribution in [0.25, 0.3) is 0 Å². The van der Waals surface area contributed by atoms with E-state index in [-0.39, 0.29) is 0 Å². The van der Waals surface area contributed by atoms with Crippen LogP contribution in [-0.2, 0) is 0 Å². The summed E-state index contributed by atoms with van der Waals surface area (Å²) in [5.74, 6) is 1.72. The number of rotatable bonds is 4. The van der Waals surface area contributed by atoms with Gasteiger partial charge in [-0.1, -0.05) is 41.3 Å². The van der Waals surface area contributed by atoms with Gasteiger partial charge in [0, 0.05) is 4.83 Å². The molecule has 0 radical (unpaired) electrons.